The Morgan fingerprint density at radius 2 is 1.80 bits per heavy atom. The third kappa shape index (κ3) is 5.27. The van der Waals surface area contributed by atoms with Gasteiger partial charge < -0.3 is 19.3 Å². The van der Waals surface area contributed by atoms with Gasteiger partial charge in [-0.1, -0.05) is 11.6 Å². The Morgan fingerprint density at radius 1 is 1.02 bits per heavy atom. The summed E-state index contributed by atoms with van der Waals surface area (Å²) in [4.78, 5) is 30.7. The average Bonchev–Trinajstić information content (AvgIpc) is 3.35. The number of pyridine rings is 1. The van der Waals surface area contributed by atoms with Crippen molar-refractivity contribution >= 4 is 56.0 Å². The lowest BCUT2D eigenvalue weighted by Gasteiger charge is -2.31. The molecule has 2 aromatic carbocycles. The van der Waals surface area contributed by atoms with Crippen molar-refractivity contribution in [3.63, 3.8) is 0 Å². The lowest BCUT2D eigenvalue weighted by molar-refractivity contribution is 0.167. The number of halogens is 2. The molecule has 0 spiro atoms. The molecular formula is C27H23ClFN5O5S. The van der Waals surface area contributed by atoms with Gasteiger partial charge in [-0.3, -0.25) is 4.90 Å². The zero-order chi connectivity index (χ0) is 28.6. The molecule has 3 heterocycles. The number of fused-ring (bicyclic) bond motifs is 2. The minimum Gasteiger partial charge on any atom is -0.485 e. The van der Waals surface area contributed by atoms with Crippen LogP contribution < -0.4 is 19.1 Å². The van der Waals surface area contributed by atoms with Crippen molar-refractivity contribution in [2.45, 2.75) is 26.0 Å². The SMILES string of the molecule is COc1ccc(N(C(=O)O)[C@H](C)[C@H](C)Oc2cc3sc(-c4cc(Cl)cc5nc(OC)cnc45)nc3cc2F)cn1. The zero-order valence-corrected chi connectivity index (χ0v) is 23.3. The highest BCUT2D eigenvalue weighted by molar-refractivity contribution is 7.21. The topological polar surface area (TPSA) is 120 Å². The van der Waals surface area contributed by atoms with E-state index in [9.17, 15) is 9.90 Å². The largest absolute Gasteiger partial charge is 0.485 e. The molecular weight excluding hydrogens is 561 g/mol. The van der Waals surface area contributed by atoms with Crippen LogP contribution in [-0.4, -0.2) is 57.5 Å². The molecule has 10 nitrogen and oxygen atoms in total. The van der Waals surface area contributed by atoms with Gasteiger partial charge >= 0.3 is 6.09 Å². The van der Waals surface area contributed by atoms with E-state index < -0.39 is 24.1 Å². The second-order valence-corrected chi connectivity index (χ2v) is 10.2. The fourth-order valence-electron chi connectivity index (χ4n) is 4.13. The average molecular weight is 584 g/mol. The van der Waals surface area contributed by atoms with E-state index in [4.69, 9.17) is 25.8 Å². The Balaban J connectivity index is 1.45. The number of benzene rings is 2. The second-order valence-electron chi connectivity index (χ2n) is 8.78. The molecule has 206 valence electrons. The number of amides is 1. The highest BCUT2D eigenvalue weighted by Gasteiger charge is 2.28. The van der Waals surface area contributed by atoms with Crippen LogP contribution in [0.15, 0.2) is 48.8 Å². The van der Waals surface area contributed by atoms with Crippen LogP contribution in [0.25, 0.3) is 31.8 Å². The molecule has 0 saturated carbocycles. The van der Waals surface area contributed by atoms with E-state index in [1.54, 1.807) is 44.2 Å². The highest BCUT2D eigenvalue weighted by atomic mass is 35.5. The Hall–Kier alpha value is -4.29. The molecule has 2 atom stereocenters. The molecule has 40 heavy (non-hydrogen) atoms. The summed E-state index contributed by atoms with van der Waals surface area (Å²) in [6, 6.07) is 8.70. The first-order chi connectivity index (χ1) is 19.2. The number of aromatic nitrogens is 4. The predicted octanol–water partition coefficient (Wildman–Crippen LogP) is 6.45. The van der Waals surface area contributed by atoms with Crippen molar-refractivity contribution in [3.05, 3.63) is 59.6 Å². The summed E-state index contributed by atoms with van der Waals surface area (Å²) in [5.74, 6) is 0.0439. The van der Waals surface area contributed by atoms with Crippen LogP contribution in [0.2, 0.25) is 5.02 Å². The maximum atomic E-state index is 15.2. The molecule has 0 aliphatic rings. The number of thiazole rings is 1. The molecule has 1 amide bonds. The molecule has 1 N–H and O–H groups in total. The molecule has 0 saturated heterocycles. The zero-order valence-electron chi connectivity index (χ0n) is 21.8. The minimum atomic E-state index is -1.20. The molecule has 0 aliphatic heterocycles. The molecule has 0 bridgehead atoms. The third-order valence-corrected chi connectivity index (χ3v) is 7.55. The standard InChI is InChI=1S/C27H23ClFN5O5S/c1-13(34(27(35)36)16-5-6-23(37-3)30-11-16)14(2)39-21-10-22-19(9-18(21)29)33-26(40-22)17-7-15(28)8-20-25(17)31-12-24(32-20)38-4/h5-14H,1-4H3,(H,35,36)/t13-,14+/m1/s1. The molecule has 5 rings (SSSR count). The summed E-state index contributed by atoms with van der Waals surface area (Å²) in [5, 5.41) is 10.9. The molecule has 0 fully saturated rings. The van der Waals surface area contributed by atoms with Gasteiger partial charge in [0.15, 0.2) is 11.6 Å². The summed E-state index contributed by atoms with van der Waals surface area (Å²) in [5.41, 5.74) is 2.51. The lowest BCUT2D eigenvalue weighted by Crippen LogP contribution is -2.46. The molecule has 0 unspecified atom stereocenters. The number of nitrogens with zero attached hydrogens (tertiary/aromatic N) is 5. The van der Waals surface area contributed by atoms with Crippen molar-refractivity contribution in [1.29, 1.82) is 0 Å². The normalized spacial score (nSPS) is 12.8. The van der Waals surface area contributed by atoms with Gasteiger partial charge in [-0.2, -0.15) is 0 Å². The Bertz CT molecular complexity index is 1720. The summed E-state index contributed by atoms with van der Waals surface area (Å²) in [6.45, 7) is 3.34. The molecule has 13 heteroatoms. The van der Waals surface area contributed by atoms with Crippen LogP contribution in [-0.2, 0) is 0 Å². The van der Waals surface area contributed by atoms with Gasteiger partial charge in [0.1, 0.15) is 11.1 Å². The number of hydrogen-bond donors (Lipinski definition) is 1. The van der Waals surface area contributed by atoms with Gasteiger partial charge in [0, 0.05) is 28.8 Å². The van der Waals surface area contributed by atoms with Crippen molar-refractivity contribution < 1.29 is 28.5 Å². The van der Waals surface area contributed by atoms with Crippen molar-refractivity contribution in [3.8, 4) is 28.1 Å². The summed E-state index contributed by atoms with van der Waals surface area (Å²) >= 11 is 7.66. The van der Waals surface area contributed by atoms with E-state index in [2.05, 4.69) is 19.9 Å². The van der Waals surface area contributed by atoms with E-state index in [0.29, 0.717) is 54.3 Å². The smallest absolute Gasteiger partial charge is 0.412 e. The minimum absolute atomic E-state index is 0.0271. The quantitative estimate of drug-likeness (QED) is 0.220. The number of rotatable bonds is 8. The third-order valence-electron chi connectivity index (χ3n) is 6.28. The van der Waals surface area contributed by atoms with E-state index in [-0.39, 0.29) is 5.75 Å². The summed E-state index contributed by atoms with van der Waals surface area (Å²) in [6.07, 6.45) is 0.970. The van der Waals surface area contributed by atoms with Crippen molar-refractivity contribution in [2.24, 2.45) is 0 Å². The monoisotopic (exact) mass is 583 g/mol. The lowest BCUT2D eigenvalue weighted by atomic mass is 10.1. The van der Waals surface area contributed by atoms with Crippen LogP contribution in [0.1, 0.15) is 13.8 Å². The molecule has 0 radical (unpaired) electrons. The number of methoxy groups -OCH3 is 2. The highest BCUT2D eigenvalue weighted by Crippen LogP contribution is 2.38. The van der Waals surface area contributed by atoms with Crippen LogP contribution >= 0.6 is 22.9 Å². The van der Waals surface area contributed by atoms with Crippen LogP contribution in [0, 0.1) is 5.82 Å². The number of anilines is 1. The summed E-state index contributed by atoms with van der Waals surface area (Å²) < 4.78 is 32.0. The van der Waals surface area contributed by atoms with Gasteiger partial charge in [-0.15, -0.1) is 11.3 Å². The van der Waals surface area contributed by atoms with Crippen LogP contribution in [0.4, 0.5) is 14.9 Å². The number of ether oxygens (including phenoxy) is 3. The number of carbonyl (C=O) groups is 1. The van der Waals surface area contributed by atoms with Gasteiger partial charge in [-0.05, 0) is 32.0 Å². The first-order valence-corrected chi connectivity index (χ1v) is 13.2. The first kappa shape index (κ1) is 27.3. The van der Waals surface area contributed by atoms with E-state index in [0.717, 1.165) is 4.90 Å². The van der Waals surface area contributed by atoms with Crippen LogP contribution in [0.5, 0.6) is 17.5 Å². The Kier molecular flexibility index (Phi) is 7.55. The summed E-state index contributed by atoms with van der Waals surface area (Å²) in [7, 11) is 2.97. The van der Waals surface area contributed by atoms with Crippen molar-refractivity contribution in [1.82, 2.24) is 19.9 Å². The maximum absolute atomic E-state index is 15.2. The Morgan fingerprint density at radius 3 is 2.48 bits per heavy atom. The number of hydrogen-bond acceptors (Lipinski definition) is 9. The molecule has 5 aromatic rings. The van der Waals surface area contributed by atoms with Gasteiger partial charge in [0.05, 0.1) is 59.6 Å². The fraction of sp³-hybridized carbons (Fsp3) is 0.222. The first-order valence-electron chi connectivity index (χ1n) is 12.0. The van der Waals surface area contributed by atoms with Gasteiger partial charge in [0.25, 0.3) is 0 Å². The van der Waals surface area contributed by atoms with Gasteiger partial charge in [0.2, 0.25) is 11.8 Å². The predicted molar refractivity (Wildman–Crippen MR) is 151 cm³/mol. The maximum Gasteiger partial charge on any atom is 0.412 e. The fourth-order valence-corrected chi connectivity index (χ4v) is 5.34. The second kappa shape index (κ2) is 11.1. The number of carboxylic acid groups (broad SMARTS) is 1. The molecule has 0 aliphatic carbocycles. The van der Waals surface area contributed by atoms with Crippen LogP contribution in [0.3, 0.4) is 0 Å². The van der Waals surface area contributed by atoms with E-state index in [1.807, 2.05) is 0 Å². The van der Waals surface area contributed by atoms with E-state index >= 15 is 4.39 Å². The van der Waals surface area contributed by atoms with Gasteiger partial charge in [-0.25, -0.2) is 29.1 Å². The van der Waals surface area contributed by atoms with Crippen molar-refractivity contribution in [2.75, 3.05) is 19.1 Å². The molecule has 3 aromatic heterocycles. The Labute approximate surface area is 237 Å². The van der Waals surface area contributed by atoms with E-state index in [1.165, 1.54) is 44.0 Å².